The van der Waals surface area contributed by atoms with E-state index in [2.05, 4.69) is 44.9 Å². The van der Waals surface area contributed by atoms with E-state index < -0.39 is 0 Å². The molecule has 22 heavy (non-hydrogen) atoms. The molecule has 3 rings (SSSR count). The number of para-hydroxylation sites is 1. The summed E-state index contributed by atoms with van der Waals surface area (Å²) >= 11 is 2.24. The Morgan fingerprint density at radius 1 is 0.955 bits per heavy atom. The van der Waals surface area contributed by atoms with Crippen LogP contribution in [-0.4, -0.2) is 37.1 Å². The number of rotatable bonds is 2. The van der Waals surface area contributed by atoms with E-state index in [1.807, 2.05) is 47.4 Å². The van der Waals surface area contributed by atoms with Gasteiger partial charge in [0.15, 0.2) is 0 Å². The van der Waals surface area contributed by atoms with Crippen molar-refractivity contribution in [2.75, 3.05) is 36.4 Å². The molecule has 0 atom stereocenters. The molecule has 0 spiro atoms. The van der Waals surface area contributed by atoms with Gasteiger partial charge >= 0.3 is 6.03 Å². The van der Waals surface area contributed by atoms with Gasteiger partial charge in [-0.05, 0) is 52.9 Å². The lowest BCUT2D eigenvalue weighted by Gasteiger charge is -2.36. The lowest BCUT2D eigenvalue weighted by atomic mass is 10.2. The van der Waals surface area contributed by atoms with E-state index in [-0.39, 0.29) is 6.03 Å². The summed E-state index contributed by atoms with van der Waals surface area (Å²) in [6.07, 6.45) is 0. The largest absolute Gasteiger partial charge is 0.368 e. The molecular weight excluding hydrogens is 389 g/mol. The van der Waals surface area contributed by atoms with Gasteiger partial charge in [-0.3, -0.25) is 0 Å². The van der Waals surface area contributed by atoms with Gasteiger partial charge in [0, 0.05) is 41.1 Å². The zero-order valence-corrected chi connectivity index (χ0v) is 14.4. The maximum atomic E-state index is 12.3. The summed E-state index contributed by atoms with van der Waals surface area (Å²) in [4.78, 5) is 16.5. The van der Waals surface area contributed by atoms with Crippen LogP contribution >= 0.6 is 22.6 Å². The first-order valence-electron chi connectivity index (χ1n) is 7.34. The molecule has 0 aliphatic carbocycles. The van der Waals surface area contributed by atoms with Crippen molar-refractivity contribution in [3.63, 3.8) is 0 Å². The van der Waals surface area contributed by atoms with Gasteiger partial charge < -0.3 is 15.1 Å². The molecule has 0 bridgehead atoms. The van der Waals surface area contributed by atoms with E-state index >= 15 is 0 Å². The molecule has 1 N–H and O–H groups in total. The van der Waals surface area contributed by atoms with Crippen LogP contribution in [0.5, 0.6) is 0 Å². The van der Waals surface area contributed by atoms with Crippen molar-refractivity contribution in [1.82, 2.24) is 4.90 Å². The number of nitrogens with one attached hydrogen (secondary N) is 1. The van der Waals surface area contributed by atoms with Crippen molar-refractivity contribution in [3.05, 3.63) is 58.2 Å². The normalized spacial score (nSPS) is 14.8. The molecule has 0 radical (unpaired) electrons. The van der Waals surface area contributed by atoms with Gasteiger partial charge in [0.05, 0.1) is 0 Å². The third-order valence-electron chi connectivity index (χ3n) is 3.76. The molecule has 1 saturated heterocycles. The highest BCUT2D eigenvalue weighted by molar-refractivity contribution is 14.1. The molecule has 0 unspecified atom stereocenters. The number of amides is 2. The summed E-state index contributed by atoms with van der Waals surface area (Å²) in [5.41, 5.74) is 2.07. The quantitative estimate of drug-likeness (QED) is 0.772. The lowest BCUT2D eigenvalue weighted by Crippen LogP contribution is -2.50. The fraction of sp³-hybridized carbons (Fsp3) is 0.235. The van der Waals surface area contributed by atoms with Crippen LogP contribution < -0.4 is 10.2 Å². The number of hydrogen-bond donors (Lipinski definition) is 1. The van der Waals surface area contributed by atoms with E-state index in [0.29, 0.717) is 0 Å². The number of nitrogens with zero attached hydrogens (tertiary/aromatic N) is 2. The number of hydrogen-bond acceptors (Lipinski definition) is 2. The Kier molecular flexibility index (Phi) is 4.82. The van der Waals surface area contributed by atoms with Crippen molar-refractivity contribution in [1.29, 1.82) is 0 Å². The molecule has 1 aliphatic heterocycles. The summed E-state index contributed by atoms with van der Waals surface area (Å²) in [6, 6.07) is 18.2. The number of carbonyl (C=O) groups is 1. The average molecular weight is 407 g/mol. The smallest absolute Gasteiger partial charge is 0.321 e. The maximum absolute atomic E-state index is 12.3. The van der Waals surface area contributed by atoms with Crippen LogP contribution in [0.15, 0.2) is 54.6 Å². The van der Waals surface area contributed by atoms with E-state index in [0.717, 1.165) is 35.4 Å². The lowest BCUT2D eigenvalue weighted by molar-refractivity contribution is 0.208. The number of carbonyl (C=O) groups excluding carboxylic acids is 1. The van der Waals surface area contributed by atoms with Gasteiger partial charge in [0.1, 0.15) is 0 Å². The molecular formula is C17H18IN3O. The first-order chi connectivity index (χ1) is 10.7. The predicted molar refractivity (Wildman–Crippen MR) is 98.4 cm³/mol. The van der Waals surface area contributed by atoms with E-state index in [1.54, 1.807) is 0 Å². The Labute approximate surface area is 144 Å². The van der Waals surface area contributed by atoms with Crippen LogP contribution in [0.3, 0.4) is 0 Å². The molecule has 0 saturated carbocycles. The minimum absolute atomic E-state index is 0.0188. The van der Waals surface area contributed by atoms with Crippen LogP contribution in [0.25, 0.3) is 0 Å². The van der Waals surface area contributed by atoms with Crippen LogP contribution in [-0.2, 0) is 0 Å². The van der Waals surface area contributed by atoms with E-state index in [4.69, 9.17) is 0 Å². The van der Waals surface area contributed by atoms with Crippen molar-refractivity contribution in [2.45, 2.75) is 0 Å². The highest BCUT2D eigenvalue weighted by Crippen LogP contribution is 2.17. The fourth-order valence-corrected chi connectivity index (χ4v) is 3.12. The third kappa shape index (κ3) is 3.71. The highest BCUT2D eigenvalue weighted by Gasteiger charge is 2.21. The third-order valence-corrected chi connectivity index (χ3v) is 4.44. The molecule has 1 aliphatic rings. The van der Waals surface area contributed by atoms with Gasteiger partial charge in [-0.2, -0.15) is 0 Å². The predicted octanol–water partition coefficient (Wildman–Crippen LogP) is 3.65. The number of benzene rings is 2. The summed E-state index contributed by atoms with van der Waals surface area (Å²) in [5.74, 6) is 0. The Hall–Kier alpha value is -1.76. The Morgan fingerprint density at radius 2 is 1.68 bits per heavy atom. The summed E-state index contributed by atoms with van der Waals surface area (Å²) in [5, 5.41) is 2.97. The van der Waals surface area contributed by atoms with Gasteiger partial charge in [0.25, 0.3) is 0 Å². The minimum Gasteiger partial charge on any atom is -0.368 e. The van der Waals surface area contributed by atoms with Gasteiger partial charge in [-0.1, -0.05) is 24.3 Å². The topological polar surface area (TPSA) is 35.6 Å². The second-order valence-corrected chi connectivity index (χ2v) is 6.50. The SMILES string of the molecule is O=C(Nc1cccc(I)c1)N1CCN(c2ccccc2)CC1. The van der Waals surface area contributed by atoms with Crippen molar-refractivity contribution in [2.24, 2.45) is 0 Å². The first-order valence-corrected chi connectivity index (χ1v) is 8.42. The van der Waals surface area contributed by atoms with Gasteiger partial charge in [-0.15, -0.1) is 0 Å². The Morgan fingerprint density at radius 3 is 2.36 bits per heavy atom. The van der Waals surface area contributed by atoms with E-state index in [9.17, 15) is 4.79 Å². The zero-order chi connectivity index (χ0) is 15.4. The van der Waals surface area contributed by atoms with Crippen molar-refractivity contribution in [3.8, 4) is 0 Å². The number of piperazine rings is 1. The number of halogens is 1. The first kappa shape index (κ1) is 15.1. The highest BCUT2D eigenvalue weighted by atomic mass is 127. The van der Waals surface area contributed by atoms with Crippen LogP contribution in [0, 0.1) is 3.57 Å². The molecule has 4 nitrogen and oxygen atoms in total. The fourth-order valence-electron chi connectivity index (χ4n) is 2.58. The second-order valence-electron chi connectivity index (χ2n) is 5.25. The summed E-state index contributed by atoms with van der Waals surface area (Å²) in [7, 11) is 0. The molecule has 0 aromatic heterocycles. The Bertz CT molecular complexity index is 639. The molecule has 2 amide bonds. The van der Waals surface area contributed by atoms with Gasteiger partial charge in [-0.25, -0.2) is 4.79 Å². The van der Waals surface area contributed by atoms with Gasteiger partial charge in [0.2, 0.25) is 0 Å². The zero-order valence-electron chi connectivity index (χ0n) is 12.2. The summed E-state index contributed by atoms with van der Waals surface area (Å²) in [6.45, 7) is 3.21. The van der Waals surface area contributed by atoms with Crippen LogP contribution in [0.1, 0.15) is 0 Å². The molecule has 114 valence electrons. The van der Waals surface area contributed by atoms with Crippen molar-refractivity contribution >= 4 is 40.0 Å². The monoisotopic (exact) mass is 407 g/mol. The second kappa shape index (κ2) is 7.00. The molecule has 5 heteroatoms. The molecule has 2 aromatic rings. The molecule has 1 heterocycles. The minimum atomic E-state index is -0.0188. The van der Waals surface area contributed by atoms with E-state index in [1.165, 1.54) is 5.69 Å². The number of anilines is 2. The van der Waals surface area contributed by atoms with Crippen molar-refractivity contribution < 1.29 is 4.79 Å². The number of urea groups is 1. The average Bonchev–Trinajstić information content (AvgIpc) is 2.56. The Balaban J connectivity index is 1.56. The van der Waals surface area contributed by atoms with Crippen LogP contribution in [0.4, 0.5) is 16.2 Å². The standard InChI is InChI=1S/C17H18IN3O/c18-14-5-4-6-15(13-14)19-17(22)21-11-9-20(10-12-21)16-7-2-1-3-8-16/h1-8,13H,9-12H2,(H,19,22). The molecule has 2 aromatic carbocycles. The van der Waals surface area contributed by atoms with Crippen LogP contribution in [0.2, 0.25) is 0 Å². The maximum Gasteiger partial charge on any atom is 0.321 e. The molecule has 1 fully saturated rings. The summed E-state index contributed by atoms with van der Waals surface area (Å²) < 4.78 is 1.12.